The van der Waals surface area contributed by atoms with Gasteiger partial charge >= 0.3 is 5.97 Å². The molecule has 0 radical (unpaired) electrons. The van der Waals surface area contributed by atoms with Crippen molar-refractivity contribution in [1.82, 2.24) is 0 Å². The number of rotatable bonds is 5. The molecule has 0 atom stereocenters. The van der Waals surface area contributed by atoms with Crippen LogP contribution in [-0.4, -0.2) is 19.1 Å². The van der Waals surface area contributed by atoms with E-state index >= 15 is 0 Å². The van der Waals surface area contributed by atoms with Crippen molar-refractivity contribution in [3.63, 3.8) is 0 Å². The zero-order valence-electron chi connectivity index (χ0n) is 9.37. The third-order valence-electron chi connectivity index (χ3n) is 1.83. The number of carbonyl (C=O) groups is 1. The average Bonchev–Trinajstić information content (AvgIpc) is 2.23. The minimum Gasteiger partial charge on any atom is -0.463 e. The molecule has 3 nitrogen and oxygen atoms in total. The lowest BCUT2D eigenvalue weighted by Gasteiger charge is -2.04. The van der Waals surface area contributed by atoms with Crippen molar-refractivity contribution in [2.24, 2.45) is 0 Å². The number of carbonyl (C=O) groups excluding carboxylic acids is 1. The minimum atomic E-state index is -0.349. The highest BCUT2D eigenvalue weighted by atomic mass is 35.5. The van der Waals surface area contributed by atoms with Crippen molar-refractivity contribution in [1.29, 1.82) is 0 Å². The van der Waals surface area contributed by atoms with Gasteiger partial charge in [-0.2, -0.15) is 0 Å². The second-order valence-electron chi connectivity index (χ2n) is 3.19. The summed E-state index contributed by atoms with van der Waals surface area (Å²) in [6, 6.07) is 5.17. The molecule has 0 saturated heterocycles. The van der Waals surface area contributed by atoms with Gasteiger partial charge in [0.2, 0.25) is 0 Å². The molecule has 1 aromatic rings. The van der Waals surface area contributed by atoms with Crippen LogP contribution in [0.3, 0.4) is 0 Å². The summed E-state index contributed by atoms with van der Waals surface area (Å²) < 4.78 is 4.74. The molecule has 1 N–H and O–H groups in total. The standard InChI is InChI=1S/C12H13Cl2NO2/c1-2-17-12(16)4-3-5-15-11-7-9(13)6-10(14)8-11/h3-4,6-8,15H,2,5H2,1H3/b4-3+. The molecule has 17 heavy (non-hydrogen) atoms. The van der Waals surface area contributed by atoms with E-state index in [1.165, 1.54) is 6.08 Å². The fourth-order valence-electron chi connectivity index (χ4n) is 1.18. The first kappa shape index (κ1) is 13.9. The Bertz CT molecular complexity index is 399. The monoisotopic (exact) mass is 273 g/mol. The summed E-state index contributed by atoms with van der Waals surface area (Å²) in [6.45, 7) is 2.63. The van der Waals surface area contributed by atoms with Gasteiger partial charge < -0.3 is 10.1 Å². The Morgan fingerprint density at radius 1 is 1.35 bits per heavy atom. The first-order chi connectivity index (χ1) is 8.11. The Labute approximate surface area is 110 Å². The van der Waals surface area contributed by atoms with E-state index in [1.807, 2.05) is 0 Å². The first-order valence-electron chi connectivity index (χ1n) is 5.15. The first-order valence-corrected chi connectivity index (χ1v) is 5.90. The summed E-state index contributed by atoms with van der Waals surface area (Å²) in [6.07, 6.45) is 3.05. The van der Waals surface area contributed by atoms with Gasteiger partial charge in [-0.1, -0.05) is 29.3 Å². The van der Waals surface area contributed by atoms with Gasteiger partial charge in [0, 0.05) is 28.4 Å². The van der Waals surface area contributed by atoms with Crippen LogP contribution in [0.15, 0.2) is 30.4 Å². The Morgan fingerprint density at radius 2 is 2.00 bits per heavy atom. The van der Waals surface area contributed by atoms with E-state index in [4.69, 9.17) is 27.9 Å². The molecule has 0 bridgehead atoms. The number of nitrogens with one attached hydrogen (secondary N) is 1. The van der Waals surface area contributed by atoms with Crippen LogP contribution in [0.25, 0.3) is 0 Å². The lowest BCUT2D eigenvalue weighted by molar-refractivity contribution is -0.137. The molecule has 92 valence electrons. The zero-order valence-corrected chi connectivity index (χ0v) is 10.9. The predicted molar refractivity (Wildman–Crippen MR) is 70.7 cm³/mol. The number of ether oxygens (including phenoxy) is 1. The van der Waals surface area contributed by atoms with Crippen LogP contribution in [0.4, 0.5) is 5.69 Å². The maximum Gasteiger partial charge on any atom is 0.330 e. The van der Waals surface area contributed by atoms with E-state index < -0.39 is 0 Å². The highest BCUT2D eigenvalue weighted by Gasteiger charge is 1.97. The molecule has 0 fully saturated rings. The Hall–Kier alpha value is -1.19. The minimum absolute atomic E-state index is 0.349. The number of benzene rings is 1. The average molecular weight is 274 g/mol. The molecular weight excluding hydrogens is 261 g/mol. The molecule has 1 aromatic carbocycles. The predicted octanol–water partition coefficient (Wildman–Crippen LogP) is 3.52. The van der Waals surface area contributed by atoms with Crippen LogP contribution in [0.1, 0.15) is 6.92 Å². The van der Waals surface area contributed by atoms with Crippen molar-refractivity contribution in [2.75, 3.05) is 18.5 Å². The summed E-state index contributed by atoms with van der Waals surface area (Å²) in [4.78, 5) is 11.0. The van der Waals surface area contributed by atoms with Crippen molar-refractivity contribution < 1.29 is 9.53 Å². The topological polar surface area (TPSA) is 38.3 Å². The number of esters is 1. The molecule has 5 heteroatoms. The molecular formula is C12H13Cl2NO2. The molecule has 0 aliphatic heterocycles. The maximum absolute atomic E-state index is 11.0. The van der Waals surface area contributed by atoms with Gasteiger partial charge in [0.15, 0.2) is 0 Å². The lowest BCUT2D eigenvalue weighted by atomic mass is 10.3. The quantitative estimate of drug-likeness (QED) is 0.659. The normalized spacial score (nSPS) is 10.5. The van der Waals surface area contributed by atoms with Crippen molar-refractivity contribution in [3.8, 4) is 0 Å². The van der Waals surface area contributed by atoms with Gasteiger partial charge in [0.1, 0.15) is 0 Å². The lowest BCUT2D eigenvalue weighted by Crippen LogP contribution is -2.02. The van der Waals surface area contributed by atoms with Gasteiger partial charge in [-0.05, 0) is 25.1 Å². The van der Waals surface area contributed by atoms with Crippen LogP contribution >= 0.6 is 23.2 Å². The van der Waals surface area contributed by atoms with E-state index in [1.54, 1.807) is 31.2 Å². The van der Waals surface area contributed by atoms with Crippen molar-refractivity contribution in [3.05, 3.63) is 40.4 Å². The third-order valence-corrected chi connectivity index (χ3v) is 2.26. The summed E-state index contributed by atoms with van der Waals surface area (Å²) in [7, 11) is 0. The molecule has 0 unspecified atom stereocenters. The molecule has 0 aromatic heterocycles. The van der Waals surface area contributed by atoms with Gasteiger partial charge in [-0.15, -0.1) is 0 Å². The summed E-state index contributed by atoms with van der Waals surface area (Å²) in [5, 5.41) is 4.19. The van der Waals surface area contributed by atoms with Crippen LogP contribution in [-0.2, 0) is 9.53 Å². The van der Waals surface area contributed by atoms with Crippen LogP contribution in [0.5, 0.6) is 0 Å². The van der Waals surface area contributed by atoms with Gasteiger partial charge in [0.05, 0.1) is 6.61 Å². The Kier molecular flexibility index (Phi) is 5.87. The van der Waals surface area contributed by atoms with Gasteiger partial charge in [-0.3, -0.25) is 0 Å². The second-order valence-corrected chi connectivity index (χ2v) is 4.07. The van der Waals surface area contributed by atoms with Gasteiger partial charge in [-0.25, -0.2) is 4.79 Å². The van der Waals surface area contributed by atoms with Crippen molar-refractivity contribution in [2.45, 2.75) is 6.92 Å². The molecule has 0 saturated carbocycles. The maximum atomic E-state index is 11.0. The number of halogens is 2. The van der Waals surface area contributed by atoms with E-state index in [9.17, 15) is 4.79 Å². The fraction of sp³-hybridized carbons (Fsp3) is 0.250. The Morgan fingerprint density at radius 3 is 2.59 bits per heavy atom. The van der Waals surface area contributed by atoms with E-state index in [2.05, 4.69) is 5.32 Å². The fourth-order valence-corrected chi connectivity index (χ4v) is 1.70. The molecule has 0 spiro atoms. The van der Waals surface area contributed by atoms with Crippen LogP contribution < -0.4 is 5.32 Å². The summed E-state index contributed by atoms with van der Waals surface area (Å²) >= 11 is 11.7. The van der Waals surface area contributed by atoms with E-state index in [0.717, 1.165) is 5.69 Å². The van der Waals surface area contributed by atoms with Crippen LogP contribution in [0, 0.1) is 0 Å². The smallest absolute Gasteiger partial charge is 0.330 e. The molecule has 0 amide bonds. The number of hydrogen-bond donors (Lipinski definition) is 1. The highest BCUT2D eigenvalue weighted by Crippen LogP contribution is 2.22. The molecule has 1 rings (SSSR count). The number of hydrogen-bond acceptors (Lipinski definition) is 3. The Balaban J connectivity index is 2.43. The molecule has 0 heterocycles. The largest absolute Gasteiger partial charge is 0.463 e. The van der Waals surface area contributed by atoms with E-state index in [-0.39, 0.29) is 5.97 Å². The summed E-state index contributed by atoms with van der Waals surface area (Å²) in [5.41, 5.74) is 0.802. The van der Waals surface area contributed by atoms with E-state index in [0.29, 0.717) is 23.2 Å². The zero-order chi connectivity index (χ0) is 12.7. The third kappa shape index (κ3) is 5.61. The number of anilines is 1. The van der Waals surface area contributed by atoms with Crippen LogP contribution in [0.2, 0.25) is 10.0 Å². The molecule has 0 aliphatic carbocycles. The summed E-state index contributed by atoms with van der Waals surface area (Å²) in [5.74, 6) is -0.349. The highest BCUT2D eigenvalue weighted by molar-refractivity contribution is 6.35. The van der Waals surface area contributed by atoms with Gasteiger partial charge in [0.25, 0.3) is 0 Å². The molecule has 0 aliphatic rings. The van der Waals surface area contributed by atoms with Crippen molar-refractivity contribution >= 4 is 34.9 Å². The SMILES string of the molecule is CCOC(=O)/C=C/CNc1cc(Cl)cc(Cl)c1. The second kappa shape index (κ2) is 7.20.